The first-order valence-electron chi connectivity index (χ1n) is 6.71. The average molecular weight is 263 g/mol. The molecule has 3 aliphatic rings. The molecular weight excluding hydrogens is 246 g/mol. The maximum absolute atomic E-state index is 12.4. The number of imide groups is 1. The van der Waals surface area contributed by atoms with Crippen LogP contribution in [0, 0.1) is 29.6 Å². The molecule has 0 spiro atoms. The summed E-state index contributed by atoms with van der Waals surface area (Å²) < 4.78 is 0. The first-order chi connectivity index (χ1) is 8.93. The molecule has 0 aromatic heterocycles. The van der Waals surface area contributed by atoms with Crippen molar-refractivity contribution in [1.82, 2.24) is 4.90 Å². The monoisotopic (exact) mass is 263 g/mol. The maximum atomic E-state index is 12.4. The predicted octanol–water partition coefficient (Wildman–Crippen LogP) is 0.903. The molecule has 1 aliphatic heterocycles. The number of amides is 2. The SMILES string of the molecule is CC(C)[C@H](C(=O)O)N1C(=O)[C@@H]2[C@@H](C1=O)[C@H]1C=C[C@H]2C1. The molecule has 0 radical (unpaired) electrons. The third-order valence-electron chi connectivity index (χ3n) is 4.67. The molecule has 0 aromatic rings. The second-order valence-corrected chi connectivity index (χ2v) is 6.07. The summed E-state index contributed by atoms with van der Waals surface area (Å²) in [6.07, 6.45) is 4.87. The van der Waals surface area contributed by atoms with Crippen molar-refractivity contribution in [1.29, 1.82) is 0 Å². The number of nitrogens with zero attached hydrogens (tertiary/aromatic N) is 1. The Kier molecular flexibility index (Phi) is 2.56. The van der Waals surface area contributed by atoms with Gasteiger partial charge in [0.05, 0.1) is 11.8 Å². The van der Waals surface area contributed by atoms with E-state index in [1.807, 2.05) is 12.2 Å². The lowest BCUT2D eigenvalue weighted by molar-refractivity contribution is -0.157. The van der Waals surface area contributed by atoms with Crippen LogP contribution in [0.3, 0.4) is 0 Å². The summed E-state index contributed by atoms with van der Waals surface area (Å²) in [5.74, 6) is -2.34. The van der Waals surface area contributed by atoms with Crippen LogP contribution in [0.2, 0.25) is 0 Å². The van der Waals surface area contributed by atoms with Gasteiger partial charge in [-0.25, -0.2) is 4.79 Å². The lowest BCUT2D eigenvalue weighted by Crippen LogP contribution is -2.49. The average Bonchev–Trinajstić information content (AvgIpc) is 2.97. The summed E-state index contributed by atoms with van der Waals surface area (Å²) in [5, 5.41) is 9.29. The number of rotatable bonds is 3. The third-order valence-corrected chi connectivity index (χ3v) is 4.67. The molecule has 2 bridgehead atoms. The molecule has 5 heteroatoms. The number of aliphatic carboxylic acids is 1. The van der Waals surface area contributed by atoms with E-state index in [2.05, 4.69) is 0 Å². The van der Waals surface area contributed by atoms with Crippen LogP contribution in [0.5, 0.6) is 0 Å². The number of hydrogen-bond donors (Lipinski definition) is 1. The van der Waals surface area contributed by atoms with E-state index in [9.17, 15) is 19.5 Å². The van der Waals surface area contributed by atoms with Crippen molar-refractivity contribution in [2.45, 2.75) is 26.3 Å². The normalized spacial score (nSPS) is 37.3. The van der Waals surface area contributed by atoms with Crippen molar-refractivity contribution in [3.63, 3.8) is 0 Å². The Morgan fingerprint density at radius 2 is 1.68 bits per heavy atom. The van der Waals surface area contributed by atoms with E-state index in [1.165, 1.54) is 0 Å². The minimum absolute atomic E-state index is 0.123. The number of carbonyl (C=O) groups excluding carboxylic acids is 2. The van der Waals surface area contributed by atoms with Crippen LogP contribution in [0.1, 0.15) is 20.3 Å². The summed E-state index contributed by atoms with van der Waals surface area (Å²) >= 11 is 0. The summed E-state index contributed by atoms with van der Waals surface area (Å²) in [4.78, 5) is 37.3. The van der Waals surface area contributed by atoms with Crippen LogP contribution >= 0.6 is 0 Å². The highest BCUT2D eigenvalue weighted by Crippen LogP contribution is 2.53. The second kappa shape index (κ2) is 3.92. The number of allylic oxidation sites excluding steroid dienone is 2. The van der Waals surface area contributed by atoms with Gasteiger partial charge in [0.25, 0.3) is 0 Å². The quantitative estimate of drug-likeness (QED) is 0.606. The Balaban J connectivity index is 1.96. The highest BCUT2D eigenvalue weighted by atomic mass is 16.4. The number of carboxylic acid groups (broad SMARTS) is 1. The van der Waals surface area contributed by atoms with Crippen LogP contribution in [0.4, 0.5) is 0 Å². The van der Waals surface area contributed by atoms with Crippen LogP contribution in [0.25, 0.3) is 0 Å². The van der Waals surface area contributed by atoms with Crippen molar-refractivity contribution in [3.8, 4) is 0 Å². The fourth-order valence-corrected chi connectivity index (χ4v) is 3.89. The zero-order valence-electron chi connectivity index (χ0n) is 10.9. The van der Waals surface area contributed by atoms with Crippen LogP contribution in [-0.4, -0.2) is 33.8 Å². The first-order valence-corrected chi connectivity index (χ1v) is 6.71. The Morgan fingerprint density at radius 3 is 2.05 bits per heavy atom. The van der Waals surface area contributed by atoms with Gasteiger partial charge in [-0.05, 0) is 24.2 Å². The Labute approximate surface area is 111 Å². The second-order valence-electron chi connectivity index (χ2n) is 6.07. The van der Waals surface area contributed by atoms with Crippen molar-refractivity contribution in [3.05, 3.63) is 12.2 Å². The number of fused-ring (bicyclic) bond motifs is 5. The minimum Gasteiger partial charge on any atom is -0.480 e. The fourth-order valence-electron chi connectivity index (χ4n) is 3.89. The molecule has 102 valence electrons. The van der Waals surface area contributed by atoms with E-state index >= 15 is 0 Å². The van der Waals surface area contributed by atoms with Crippen LogP contribution in [-0.2, 0) is 14.4 Å². The van der Waals surface area contributed by atoms with Gasteiger partial charge < -0.3 is 5.11 Å². The summed E-state index contributed by atoms with van der Waals surface area (Å²) in [6.45, 7) is 3.45. The molecule has 19 heavy (non-hydrogen) atoms. The zero-order chi connectivity index (χ0) is 13.9. The molecule has 1 N–H and O–H groups in total. The molecule has 0 aromatic carbocycles. The van der Waals surface area contributed by atoms with Gasteiger partial charge in [-0.15, -0.1) is 0 Å². The largest absolute Gasteiger partial charge is 0.480 e. The van der Waals surface area contributed by atoms with Crippen molar-refractivity contribution in [2.75, 3.05) is 0 Å². The van der Waals surface area contributed by atoms with Gasteiger partial charge in [0.15, 0.2) is 0 Å². The molecule has 1 saturated carbocycles. The predicted molar refractivity (Wildman–Crippen MR) is 65.8 cm³/mol. The van der Waals surface area contributed by atoms with E-state index in [0.29, 0.717) is 0 Å². The molecule has 5 atom stereocenters. The standard InChI is InChI=1S/C14H17NO4/c1-6(2)11(14(18)19)15-12(16)9-7-3-4-8(5-7)10(9)13(15)17/h3-4,6-11H,5H2,1-2H3,(H,18,19)/t7-,8-,9-,10-,11+/m0/s1. The summed E-state index contributed by atoms with van der Waals surface area (Å²) in [5.41, 5.74) is 0. The van der Waals surface area contributed by atoms with E-state index in [-0.39, 0.29) is 41.4 Å². The molecule has 2 aliphatic carbocycles. The highest BCUT2D eigenvalue weighted by molar-refractivity contribution is 6.08. The zero-order valence-corrected chi connectivity index (χ0v) is 10.9. The van der Waals surface area contributed by atoms with E-state index in [4.69, 9.17) is 0 Å². The lowest BCUT2D eigenvalue weighted by Gasteiger charge is -2.27. The van der Waals surface area contributed by atoms with Gasteiger partial charge in [-0.3, -0.25) is 14.5 Å². The van der Waals surface area contributed by atoms with Crippen LogP contribution < -0.4 is 0 Å². The highest BCUT2D eigenvalue weighted by Gasteiger charge is 2.61. The lowest BCUT2D eigenvalue weighted by atomic mass is 9.85. The fraction of sp³-hybridized carbons (Fsp3) is 0.643. The van der Waals surface area contributed by atoms with Gasteiger partial charge >= 0.3 is 5.97 Å². The first kappa shape index (κ1) is 12.4. The number of hydrogen-bond acceptors (Lipinski definition) is 3. The van der Waals surface area contributed by atoms with Crippen molar-refractivity contribution in [2.24, 2.45) is 29.6 Å². The molecule has 1 saturated heterocycles. The molecule has 0 unspecified atom stereocenters. The number of carboxylic acids is 1. The Hall–Kier alpha value is -1.65. The maximum Gasteiger partial charge on any atom is 0.327 e. The van der Waals surface area contributed by atoms with E-state index < -0.39 is 12.0 Å². The van der Waals surface area contributed by atoms with Crippen molar-refractivity contribution < 1.29 is 19.5 Å². The molecular formula is C14H17NO4. The molecule has 1 heterocycles. The smallest absolute Gasteiger partial charge is 0.327 e. The Morgan fingerprint density at radius 1 is 1.21 bits per heavy atom. The van der Waals surface area contributed by atoms with E-state index in [1.54, 1.807) is 13.8 Å². The van der Waals surface area contributed by atoms with Gasteiger partial charge in [0.2, 0.25) is 11.8 Å². The molecule has 3 rings (SSSR count). The van der Waals surface area contributed by atoms with Gasteiger partial charge in [0, 0.05) is 0 Å². The van der Waals surface area contributed by atoms with Crippen LogP contribution in [0.15, 0.2) is 12.2 Å². The molecule has 2 fully saturated rings. The van der Waals surface area contributed by atoms with Crippen molar-refractivity contribution >= 4 is 17.8 Å². The third kappa shape index (κ3) is 1.50. The minimum atomic E-state index is -1.10. The summed E-state index contributed by atoms with van der Waals surface area (Å²) in [6, 6.07) is -1.04. The summed E-state index contributed by atoms with van der Waals surface area (Å²) in [7, 11) is 0. The van der Waals surface area contributed by atoms with Gasteiger partial charge in [0.1, 0.15) is 6.04 Å². The van der Waals surface area contributed by atoms with Gasteiger partial charge in [-0.2, -0.15) is 0 Å². The van der Waals surface area contributed by atoms with Gasteiger partial charge in [-0.1, -0.05) is 26.0 Å². The number of carbonyl (C=O) groups is 3. The number of likely N-dealkylation sites (tertiary alicyclic amines) is 1. The topological polar surface area (TPSA) is 74.7 Å². The Bertz CT molecular complexity index is 466. The molecule has 2 amide bonds. The molecule has 5 nitrogen and oxygen atoms in total. The van der Waals surface area contributed by atoms with E-state index in [0.717, 1.165) is 11.3 Å².